The van der Waals surface area contributed by atoms with Gasteiger partial charge in [0.25, 0.3) is 0 Å². The third-order valence-corrected chi connectivity index (χ3v) is 2.39. The maximum atomic E-state index is 8.80. The molecule has 4 heteroatoms. The number of hydrogen-bond acceptors (Lipinski definition) is 4. The van der Waals surface area contributed by atoms with Crippen molar-refractivity contribution >= 4 is 17.2 Å². The van der Waals surface area contributed by atoms with Crippen LogP contribution in [0.1, 0.15) is 11.3 Å². The molecule has 0 amide bonds. The molecule has 1 heterocycles. The zero-order valence-electron chi connectivity index (χ0n) is 9.44. The highest BCUT2D eigenvalue weighted by molar-refractivity contribution is 5.60. The first-order valence-electron chi connectivity index (χ1n) is 5.19. The molecule has 0 atom stereocenters. The summed E-state index contributed by atoms with van der Waals surface area (Å²) < 4.78 is 0. The smallest absolute Gasteiger partial charge is 0.130 e. The zero-order valence-corrected chi connectivity index (χ0v) is 9.44. The first kappa shape index (κ1) is 11.0. The Morgan fingerprint density at radius 2 is 2.12 bits per heavy atom. The topological polar surface area (TPSA) is 74.7 Å². The number of benzene rings is 1. The van der Waals surface area contributed by atoms with Crippen molar-refractivity contribution in [2.75, 3.05) is 11.1 Å². The van der Waals surface area contributed by atoms with E-state index >= 15 is 0 Å². The molecule has 0 saturated carbocycles. The minimum Gasteiger partial charge on any atom is -0.397 e. The van der Waals surface area contributed by atoms with Crippen LogP contribution in [-0.4, -0.2) is 4.98 Å². The van der Waals surface area contributed by atoms with Crippen LogP contribution in [0.2, 0.25) is 0 Å². The number of hydrogen-bond donors (Lipinski definition) is 2. The van der Waals surface area contributed by atoms with Crippen LogP contribution in [0, 0.1) is 18.3 Å². The quantitative estimate of drug-likeness (QED) is 0.822. The number of aromatic nitrogens is 1. The van der Waals surface area contributed by atoms with Gasteiger partial charge in [-0.3, -0.25) is 0 Å². The third-order valence-electron chi connectivity index (χ3n) is 2.39. The fourth-order valence-electron chi connectivity index (χ4n) is 1.46. The summed E-state index contributed by atoms with van der Waals surface area (Å²) in [6, 6.07) is 12.9. The number of aryl methyl sites for hydroxylation is 1. The van der Waals surface area contributed by atoms with Crippen LogP contribution in [0.15, 0.2) is 36.4 Å². The molecule has 4 nitrogen and oxygen atoms in total. The second kappa shape index (κ2) is 4.54. The monoisotopic (exact) mass is 224 g/mol. The van der Waals surface area contributed by atoms with Crippen molar-refractivity contribution in [2.24, 2.45) is 0 Å². The zero-order chi connectivity index (χ0) is 12.3. The summed E-state index contributed by atoms with van der Waals surface area (Å²) in [4.78, 5) is 4.30. The minimum absolute atomic E-state index is 0.613. The van der Waals surface area contributed by atoms with Gasteiger partial charge in [-0.15, -0.1) is 0 Å². The standard InChI is InChI=1S/C13H12N4/c1-9-12(15)5-6-13(16-9)17-11-4-2-3-10(7-11)8-14/h2-7H,15H2,1H3,(H,16,17). The van der Waals surface area contributed by atoms with E-state index in [9.17, 15) is 0 Å². The highest BCUT2D eigenvalue weighted by Crippen LogP contribution is 2.18. The Bertz CT molecular complexity index is 584. The average molecular weight is 224 g/mol. The first-order chi connectivity index (χ1) is 8.19. The molecule has 0 spiro atoms. The van der Waals surface area contributed by atoms with Crippen molar-refractivity contribution in [3.8, 4) is 6.07 Å². The average Bonchev–Trinajstić information content (AvgIpc) is 2.34. The molecule has 0 aliphatic rings. The van der Waals surface area contributed by atoms with E-state index in [0.29, 0.717) is 17.1 Å². The predicted molar refractivity (Wildman–Crippen MR) is 67.8 cm³/mol. The lowest BCUT2D eigenvalue weighted by Crippen LogP contribution is -1.98. The number of anilines is 3. The predicted octanol–water partition coefficient (Wildman–Crippen LogP) is 2.59. The summed E-state index contributed by atoms with van der Waals surface area (Å²) in [5, 5.41) is 11.9. The molecule has 2 rings (SSSR count). The van der Waals surface area contributed by atoms with Crippen molar-refractivity contribution in [1.82, 2.24) is 4.98 Å². The van der Waals surface area contributed by atoms with Crippen molar-refractivity contribution in [2.45, 2.75) is 6.92 Å². The van der Waals surface area contributed by atoms with E-state index in [4.69, 9.17) is 11.0 Å². The molecule has 2 aromatic rings. The van der Waals surface area contributed by atoms with E-state index in [0.717, 1.165) is 11.4 Å². The van der Waals surface area contributed by atoms with Crippen LogP contribution in [0.3, 0.4) is 0 Å². The number of nitrogens with two attached hydrogens (primary N) is 1. The van der Waals surface area contributed by atoms with Crippen molar-refractivity contribution in [1.29, 1.82) is 5.26 Å². The van der Waals surface area contributed by atoms with Gasteiger partial charge >= 0.3 is 0 Å². The van der Waals surface area contributed by atoms with Crippen molar-refractivity contribution < 1.29 is 0 Å². The SMILES string of the molecule is Cc1nc(Nc2cccc(C#N)c2)ccc1N. The van der Waals surface area contributed by atoms with Gasteiger partial charge in [0, 0.05) is 5.69 Å². The van der Waals surface area contributed by atoms with E-state index in [1.54, 1.807) is 24.3 Å². The van der Waals surface area contributed by atoms with Crippen LogP contribution < -0.4 is 11.1 Å². The van der Waals surface area contributed by atoms with Crippen LogP contribution in [0.4, 0.5) is 17.2 Å². The van der Waals surface area contributed by atoms with Crippen molar-refractivity contribution in [3.63, 3.8) is 0 Å². The van der Waals surface area contributed by atoms with E-state index in [1.165, 1.54) is 0 Å². The van der Waals surface area contributed by atoms with E-state index in [2.05, 4.69) is 16.4 Å². The van der Waals surface area contributed by atoms with Gasteiger partial charge in [-0.05, 0) is 37.3 Å². The number of nitrogens with one attached hydrogen (secondary N) is 1. The number of pyridine rings is 1. The molecule has 3 N–H and O–H groups in total. The number of rotatable bonds is 2. The third kappa shape index (κ3) is 2.52. The normalized spacial score (nSPS) is 9.65. The summed E-state index contributed by atoms with van der Waals surface area (Å²) in [7, 11) is 0. The van der Waals surface area contributed by atoms with Gasteiger partial charge in [-0.2, -0.15) is 5.26 Å². The minimum atomic E-state index is 0.613. The fraction of sp³-hybridized carbons (Fsp3) is 0.0769. The molecule has 1 aromatic carbocycles. The van der Waals surface area contributed by atoms with Crippen LogP contribution in [0.5, 0.6) is 0 Å². The maximum Gasteiger partial charge on any atom is 0.130 e. The van der Waals surface area contributed by atoms with Gasteiger partial charge in [0.2, 0.25) is 0 Å². The summed E-state index contributed by atoms with van der Waals surface area (Å²) in [5.41, 5.74) is 8.59. The van der Waals surface area contributed by atoms with E-state index < -0.39 is 0 Å². The summed E-state index contributed by atoms with van der Waals surface area (Å²) in [6.07, 6.45) is 0. The van der Waals surface area contributed by atoms with Gasteiger partial charge in [-0.1, -0.05) is 6.07 Å². The van der Waals surface area contributed by atoms with Gasteiger partial charge in [0.1, 0.15) is 5.82 Å². The number of nitrogens with zero attached hydrogens (tertiary/aromatic N) is 2. The van der Waals surface area contributed by atoms with Gasteiger partial charge in [-0.25, -0.2) is 4.98 Å². The molecule has 0 aliphatic carbocycles. The highest BCUT2D eigenvalue weighted by atomic mass is 15.0. The van der Waals surface area contributed by atoms with Gasteiger partial charge in [0.05, 0.1) is 23.0 Å². The Labute approximate surface area is 99.7 Å². The molecule has 17 heavy (non-hydrogen) atoms. The fourth-order valence-corrected chi connectivity index (χ4v) is 1.46. The molecule has 1 aromatic heterocycles. The molecule has 0 fully saturated rings. The van der Waals surface area contributed by atoms with Gasteiger partial charge in [0.15, 0.2) is 0 Å². The van der Waals surface area contributed by atoms with E-state index in [1.807, 2.05) is 19.1 Å². The lowest BCUT2D eigenvalue weighted by atomic mass is 10.2. The molecular weight excluding hydrogens is 212 g/mol. The van der Waals surface area contributed by atoms with Crippen LogP contribution in [-0.2, 0) is 0 Å². The van der Waals surface area contributed by atoms with Crippen LogP contribution in [0.25, 0.3) is 0 Å². The first-order valence-corrected chi connectivity index (χ1v) is 5.19. The summed E-state index contributed by atoms with van der Waals surface area (Å²) in [6.45, 7) is 1.85. The molecular formula is C13H12N4. The molecule has 0 bridgehead atoms. The Balaban J connectivity index is 2.25. The Kier molecular flexibility index (Phi) is 2.93. The van der Waals surface area contributed by atoms with E-state index in [-0.39, 0.29) is 0 Å². The molecule has 84 valence electrons. The van der Waals surface area contributed by atoms with Gasteiger partial charge < -0.3 is 11.1 Å². The van der Waals surface area contributed by atoms with Crippen LogP contribution >= 0.6 is 0 Å². The molecule has 0 radical (unpaired) electrons. The second-order valence-electron chi connectivity index (χ2n) is 3.69. The highest BCUT2D eigenvalue weighted by Gasteiger charge is 2.00. The largest absolute Gasteiger partial charge is 0.397 e. The van der Waals surface area contributed by atoms with Crippen molar-refractivity contribution in [3.05, 3.63) is 47.7 Å². The Morgan fingerprint density at radius 3 is 2.82 bits per heavy atom. The summed E-state index contributed by atoms with van der Waals surface area (Å²) in [5.74, 6) is 0.715. The Morgan fingerprint density at radius 1 is 1.29 bits per heavy atom. The maximum absolute atomic E-state index is 8.80. The summed E-state index contributed by atoms with van der Waals surface area (Å²) >= 11 is 0. The number of nitrogen functional groups attached to an aromatic ring is 1. The second-order valence-corrected chi connectivity index (χ2v) is 3.69. The number of nitriles is 1. The molecule has 0 saturated heterocycles. The lowest BCUT2D eigenvalue weighted by Gasteiger charge is -2.07. The lowest BCUT2D eigenvalue weighted by molar-refractivity contribution is 1.20. The molecule has 0 aliphatic heterocycles. The Hall–Kier alpha value is -2.54. The molecule has 0 unspecified atom stereocenters.